The maximum atomic E-state index is 12.6. The highest BCUT2D eigenvalue weighted by Crippen LogP contribution is 2.30. The molecule has 1 aliphatic carbocycles. The van der Waals surface area contributed by atoms with Crippen LogP contribution in [0.2, 0.25) is 0 Å². The van der Waals surface area contributed by atoms with Gasteiger partial charge in [0.15, 0.2) is 0 Å². The van der Waals surface area contributed by atoms with E-state index in [1.54, 1.807) is 0 Å². The SMILES string of the molecule is CC(C)NC(=O)CN1CCN(C(=O)CSc2nnnn2C2CCCCC2)CC1. The van der Waals surface area contributed by atoms with Crippen molar-refractivity contribution < 1.29 is 9.59 Å². The number of hydrogen-bond donors (Lipinski definition) is 1. The Balaban J connectivity index is 1.42. The molecule has 2 heterocycles. The maximum absolute atomic E-state index is 12.6. The van der Waals surface area contributed by atoms with Gasteiger partial charge < -0.3 is 10.2 Å². The molecule has 1 aromatic heterocycles. The van der Waals surface area contributed by atoms with Gasteiger partial charge in [-0.3, -0.25) is 14.5 Å². The van der Waals surface area contributed by atoms with Gasteiger partial charge in [-0.2, -0.15) is 0 Å². The number of thioether (sulfide) groups is 1. The van der Waals surface area contributed by atoms with Gasteiger partial charge >= 0.3 is 0 Å². The molecule has 0 unspecified atom stereocenters. The Morgan fingerprint density at radius 3 is 2.54 bits per heavy atom. The van der Waals surface area contributed by atoms with E-state index >= 15 is 0 Å². The molecule has 2 fully saturated rings. The molecule has 3 rings (SSSR count). The molecule has 0 aromatic carbocycles. The van der Waals surface area contributed by atoms with Gasteiger partial charge in [0.2, 0.25) is 17.0 Å². The predicted molar refractivity (Wildman–Crippen MR) is 107 cm³/mol. The summed E-state index contributed by atoms with van der Waals surface area (Å²) in [5, 5.41) is 15.7. The first kappa shape index (κ1) is 21.0. The van der Waals surface area contributed by atoms with Crippen LogP contribution in [0.15, 0.2) is 5.16 Å². The fourth-order valence-corrected chi connectivity index (χ4v) is 4.63. The van der Waals surface area contributed by atoms with Gasteiger partial charge in [-0.1, -0.05) is 31.0 Å². The fourth-order valence-electron chi connectivity index (χ4n) is 3.78. The van der Waals surface area contributed by atoms with Gasteiger partial charge in [-0.25, -0.2) is 4.68 Å². The second-order valence-corrected chi connectivity index (χ2v) is 8.81. The van der Waals surface area contributed by atoms with Crippen molar-refractivity contribution in [3.05, 3.63) is 0 Å². The van der Waals surface area contributed by atoms with Crippen LogP contribution in [0.1, 0.15) is 52.0 Å². The van der Waals surface area contributed by atoms with Gasteiger partial charge in [0, 0.05) is 32.2 Å². The summed E-state index contributed by atoms with van der Waals surface area (Å²) in [5.41, 5.74) is 0. The van der Waals surface area contributed by atoms with Crippen molar-refractivity contribution in [1.29, 1.82) is 0 Å². The van der Waals surface area contributed by atoms with Gasteiger partial charge in [0.05, 0.1) is 18.3 Å². The Labute approximate surface area is 170 Å². The van der Waals surface area contributed by atoms with Gasteiger partial charge in [0.25, 0.3) is 0 Å². The molecule has 28 heavy (non-hydrogen) atoms. The number of rotatable bonds is 7. The maximum Gasteiger partial charge on any atom is 0.234 e. The molecule has 0 radical (unpaired) electrons. The largest absolute Gasteiger partial charge is 0.353 e. The molecule has 0 atom stereocenters. The first-order valence-electron chi connectivity index (χ1n) is 10.2. The lowest BCUT2D eigenvalue weighted by Gasteiger charge is -2.34. The number of nitrogens with zero attached hydrogens (tertiary/aromatic N) is 6. The number of carbonyl (C=O) groups excluding carboxylic acids is 2. The average Bonchev–Trinajstić information content (AvgIpc) is 3.15. The third-order valence-electron chi connectivity index (χ3n) is 5.25. The van der Waals surface area contributed by atoms with E-state index in [9.17, 15) is 9.59 Å². The minimum Gasteiger partial charge on any atom is -0.353 e. The van der Waals surface area contributed by atoms with Crippen LogP contribution < -0.4 is 5.32 Å². The number of piperazine rings is 1. The molecule has 1 aliphatic heterocycles. The van der Waals surface area contributed by atoms with E-state index < -0.39 is 0 Å². The second-order valence-electron chi connectivity index (χ2n) is 7.87. The molecular formula is C18H31N7O2S. The highest BCUT2D eigenvalue weighted by atomic mass is 32.2. The number of aromatic nitrogens is 4. The van der Waals surface area contributed by atoms with Crippen molar-refractivity contribution in [2.75, 3.05) is 38.5 Å². The lowest BCUT2D eigenvalue weighted by molar-refractivity contribution is -0.130. The number of carbonyl (C=O) groups is 2. The third kappa shape index (κ3) is 5.91. The monoisotopic (exact) mass is 409 g/mol. The molecule has 1 N–H and O–H groups in total. The highest BCUT2D eigenvalue weighted by Gasteiger charge is 2.24. The average molecular weight is 410 g/mol. The van der Waals surface area contributed by atoms with Crippen molar-refractivity contribution in [2.45, 2.75) is 63.2 Å². The lowest BCUT2D eigenvalue weighted by atomic mass is 9.96. The van der Waals surface area contributed by atoms with E-state index in [1.165, 1.54) is 31.0 Å². The molecule has 1 aromatic rings. The molecule has 1 saturated carbocycles. The van der Waals surface area contributed by atoms with Crippen LogP contribution in [0.3, 0.4) is 0 Å². The summed E-state index contributed by atoms with van der Waals surface area (Å²) < 4.78 is 1.91. The minimum atomic E-state index is 0.0416. The first-order valence-corrected chi connectivity index (χ1v) is 11.2. The summed E-state index contributed by atoms with van der Waals surface area (Å²) in [6, 6.07) is 0.513. The van der Waals surface area contributed by atoms with E-state index in [-0.39, 0.29) is 17.9 Å². The van der Waals surface area contributed by atoms with E-state index in [0.29, 0.717) is 31.4 Å². The molecule has 9 nitrogen and oxygen atoms in total. The predicted octanol–water partition coefficient (Wildman–Crippen LogP) is 0.939. The zero-order valence-electron chi connectivity index (χ0n) is 16.8. The van der Waals surface area contributed by atoms with E-state index in [2.05, 4.69) is 25.7 Å². The molecule has 0 spiro atoms. The van der Waals surface area contributed by atoms with E-state index in [0.717, 1.165) is 31.1 Å². The summed E-state index contributed by atoms with van der Waals surface area (Å²) in [6.45, 7) is 7.06. The Bertz CT molecular complexity index is 652. The highest BCUT2D eigenvalue weighted by molar-refractivity contribution is 7.99. The van der Waals surface area contributed by atoms with Crippen LogP contribution in [0.4, 0.5) is 0 Å². The minimum absolute atomic E-state index is 0.0416. The van der Waals surface area contributed by atoms with Crippen LogP contribution in [-0.4, -0.2) is 86.3 Å². The van der Waals surface area contributed by atoms with E-state index in [4.69, 9.17) is 0 Å². The Hall–Kier alpha value is -1.68. The summed E-state index contributed by atoms with van der Waals surface area (Å²) >= 11 is 1.43. The molecule has 1 saturated heterocycles. The number of tetrazole rings is 1. The topological polar surface area (TPSA) is 96.2 Å². The third-order valence-corrected chi connectivity index (χ3v) is 6.17. The molecule has 10 heteroatoms. The zero-order chi connectivity index (χ0) is 19.9. The van der Waals surface area contributed by atoms with Crippen LogP contribution in [0.5, 0.6) is 0 Å². The Morgan fingerprint density at radius 1 is 1.14 bits per heavy atom. The van der Waals surface area contributed by atoms with Crippen LogP contribution >= 0.6 is 11.8 Å². The Morgan fingerprint density at radius 2 is 1.86 bits per heavy atom. The summed E-state index contributed by atoms with van der Waals surface area (Å²) in [5.74, 6) is 0.496. The normalized spacial score (nSPS) is 19.2. The second kappa shape index (κ2) is 10.2. The van der Waals surface area contributed by atoms with Crippen molar-refractivity contribution in [1.82, 2.24) is 35.3 Å². The molecular weight excluding hydrogens is 378 g/mol. The summed E-state index contributed by atoms with van der Waals surface area (Å²) in [7, 11) is 0. The molecule has 2 aliphatic rings. The smallest absolute Gasteiger partial charge is 0.234 e. The standard InChI is InChI=1S/C18H31N7O2S/c1-14(2)19-16(26)12-23-8-10-24(11-9-23)17(27)13-28-18-20-21-22-25(18)15-6-4-3-5-7-15/h14-15H,3-13H2,1-2H3,(H,19,26). The number of amides is 2. The van der Waals surface area contributed by atoms with Crippen molar-refractivity contribution >= 4 is 23.6 Å². The van der Waals surface area contributed by atoms with Gasteiger partial charge in [-0.05, 0) is 37.1 Å². The van der Waals surface area contributed by atoms with Crippen molar-refractivity contribution in [2.24, 2.45) is 0 Å². The van der Waals surface area contributed by atoms with Gasteiger partial charge in [-0.15, -0.1) is 5.10 Å². The molecule has 156 valence electrons. The summed E-state index contributed by atoms with van der Waals surface area (Å²) in [4.78, 5) is 28.4. The fraction of sp³-hybridized carbons (Fsp3) is 0.833. The number of nitrogens with one attached hydrogen (secondary N) is 1. The van der Waals surface area contributed by atoms with Crippen LogP contribution in [-0.2, 0) is 9.59 Å². The molecule has 2 amide bonds. The van der Waals surface area contributed by atoms with E-state index in [1.807, 2.05) is 23.4 Å². The Kier molecular flexibility index (Phi) is 7.66. The quantitative estimate of drug-likeness (QED) is 0.670. The van der Waals surface area contributed by atoms with Crippen molar-refractivity contribution in [3.63, 3.8) is 0 Å². The molecule has 0 bridgehead atoms. The summed E-state index contributed by atoms with van der Waals surface area (Å²) in [6.07, 6.45) is 5.93. The van der Waals surface area contributed by atoms with Gasteiger partial charge in [0.1, 0.15) is 0 Å². The zero-order valence-corrected chi connectivity index (χ0v) is 17.7. The first-order chi connectivity index (χ1) is 13.5. The van der Waals surface area contributed by atoms with Crippen molar-refractivity contribution in [3.8, 4) is 0 Å². The number of hydrogen-bond acceptors (Lipinski definition) is 7. The van der Waals surface area contributed by atoms with Crippen LogP contribution in [0, 0.1) is 0 Å². The lowest BCUT2D eigenvalue weighted by Crippen LogP contribution is -2.52. The van der Waals surface area contributed by atoms with Crippen LogP contribution in [0.25, 0.3) is 0 Å².